The Hall–Kier alpha value is -3.12. The summed E-state index contributed by atoms with van der Waals surface area (Å²) in [4.78, 5) is 21.4. The Bertz CT molecular complexity index is 1170. The third kappa shape index (κ3) is 5.45. The van der Waals surface area contributed by atoms with Gasteiger partial charge in [-0.2, -0.15) is 0 Å². The Morgan fingerprint density at radius 1 is 1.27 bits per heavy atom. The van der Waals surface area contributed by atoms with E-state index in [1.165, 1.54) is 0 Å². The van der Waals surface area contributed by atoms with Gasteiger partial charge in [0, 0.05) is 47.2 Å². The molecule has 2 aromatic heterocycles. The monoisotopic (exact) mass is 464 g/mol. The number of carbonyl (C=O) groups is 1. The normalized spacial score (nSPS) is 14.2. The number of nitrogens with one attached hydrogen (secondary N) is 2. The van der Waals surface area contributed by atoms with Crippen molar-refractivity contribution in [1.29, 1.82) is 0 Å². The van der Waals surface area contributed by atoms with Gasteiger partial charge in [0.15, 0.2) is 0 Å². The number of nitrogens with zero attached hydrogens (tertiary/aromatic N) is 2. The number of anilines is 1. The number of benzene rings is 1. The fraction of sp³-hybridized carbons (Fsp3) is 0.346. The van der Waals surface area contributed by atoms with Crippen LogP contribution in [-0.2, 0) is 17.9 Å². The first-order valence-electron chi connectivity index (χ1n) is 11.4. The molecule has 0 unspecified atom stereocenters. The third-order valence-corrected chi connectivity index (χ3v) is 6.31. The van der Waals surface area contributed by atoms with Crippen LogP contribution in [0.3, 0.4) is 0 Å². The highest BCUT2D eigenvalue weighted by molar-refractivity contribution is 6.31. The van der Waals surface area contributed by atoms with Crippen LogP contribution >= 0.6 is 11.6 Å². The first kappa shape index (κ1) is 23.1. The summed E-state index contributed by atoms with van der Waals surface area (Å²) in [7, 11) is 0. The molecule has 0 saturated heterocycles. The predicted octanol–water partition coefficient (Wildman–Crippen LogP) is 5.92. The maximum atomic E-state index is 12.5. The number of amides is 1. The first-order chi connectivity index (χ1) is 16.1. The molecule has 1 aliphatic carbocycles. The highest BCUT2D eigenvalue weighted by Crippen LogP contribution is 2.31. The van der Waals surface area contributed by atoms with E-state index in [1.54, 1.807) is 12.4 Å². The summed E-state index contributed by atoms with van der Waals surface area (Å²) in [6.45, 7) is 4.56. The Labute approximate surface area is 199 Å². The van der Waals surface area contributed by atoms with Gasteiger partial charge < -0.3 is 15.4 Å². The summed E-state index contributed by atoms with van der Waals surface area (Å²) in [5.74, 6) is 0.898. The van der Waals surface area contributed by atoms with Crippen LogP contribution in [0, 0.1) is 12.8 Å². The van der Waals surface area contributed by atoms with Gasteiger partial charge in [0.05, 0.1) is 5.02 Å². The molecule has 6 nitrogen and oxygen atoms in total. The topological polar surface area (TPSA) is 76.1 Å². The number of rotatable bonds is 8. The molecule has 4 rings (SSSR count). The number of hydrogen-bond donors (Lipinski definition) is 2. The number of pyridine rings is 2. The third-order valence-electron chi connectivity index (χ3n) is 5.98. The molecule has 1 fully saturated rings. The van der Waals surface area contributed by atoms with Gasteiger partial charge in [-0.1, -0.05) is 42.7 Å². The second-order valence-corrected chi connectivity index (χ2v) is 8.76. The maximum absolute atomic E-state index is 12.5. The van der Waals surface area contributed by atoms with Crippen molar-refractivity contribution >= 4 is 34.1 Å². The van der Waals surface area contributed by atoms with Crippen molar-refractivity contribution in [2.24, 2.45) is 5.92 Å². The molecule has 3 aromatic rings. The van der Waals surface area contributed by atoms with E-state index in [0.717, 1.165) is 59.1 Å². The molecule has 1 amide bonds. The average Bonchev–Trinajstić information content (AvgIpc) is 3.35. The van der Waals surface area contributed by atoms with Gasteiger partial charge in [-0.25, -0.2) is 4.98 Å². The van der Waals surface area contributed by atoms with Gasteiger partial charge in [0.2, 0.25) is 5.91 Å². The predicted molar refractivity (Wildman–Crippen MR) is 132 cm³/mol. The minimum absolute atomic E-state index is 0.106. The van der Waals surface area contributed by atoms with E-state index in [0.29, 0.717) is 17.3 Å². The minimum atomic E-state index is 0.106. The van der Waals surface area contributed by atoms with Crippen molar-refractivity contribution in [2.75, 3.05) is 5.32 Å². The largest absolute Gasteiger partial charge is 0.487 e. The smallest absolute Gasteiger partial charge is 0.223 e. The van der Waals surface area contributed by atoms with E-state index >= 15 is 0 Å². The molecule has 7 heteroatoms. The van der Waals surface area contributed by atoms with Gasteiger partial charge in [-0.15, -0.1) is 0 Å². The van der Waals surface area contributed by atoms with Gasteiger partial charge in [-0.3, -0.25) is 9.78 Å². The van der Waals surface area contributed by atoms with Crippen molar-refractivity contribution in [3.63, 3.8) is 0 Å². The molecule has 33 heavy (non-hydrogen) atoms. The lowest BCUT2D eigenvalue weighted by molar-refractivity contribution is -0.124. The Balaban J connectivity index is 1.54. The number of hydrogen-bond acceptors (Lipinski definition) is 5. The van der Waals surface area contributed by atoms with E-state index < -0.39 is 0 Å². The summed E-state index contributed by atoms with van der Waals surface area (Å²) in [5, 5.41) is 7.84. The molecule has 1 aliphatic rings. The standard InChI is InChI=1S/C26H29ClN4O2/c1-3-11-29-23-12-17(2)31-25-20(23)9-6-10-24(25)33-16-21-19(13-28-15-22(21)27)14-30-26(32)18-7-4-5-8-18/h3,6,9-13,15,18H,4-5,7-8,14,16H2,1-2H3,(H,29,31)(H,30,32)/b11-3-. The van der Waals surface area contributed by atoms with Crippen molar-refractivity contribution in [1.82, 2.24) is 15.3 Å². The van der Waals surface area contributed by atoms with E-state index in [9.17, 15) is 4.79 Å². The van der Waals surface area contributed by atoms with Crippen molar-refractivity contribution < 1.29 is 9.53 Å². The van der Waals surface area contributed by atoms with Gasteiger partial charge >= 0.3 is 0 Å². The molecule has 2 N–H and O–H groups in total. The number of aryl methyl sites for hydroxylation is 1. The second-order valence-electron chi connectivity index (χ2n) is 8.35. The highest BCUT2D eigenvalue weighted by atomic mass is 35.5. The number of halogens is 1. The number of aromatic nitrogens is 2. The molecule has 0 aliphatic heterocycles. The summed E-state index contributed by atoms with van der Waals surface area (Å²) in [6.07, 6.45) is 11.4. The zero-order valence-electron chi connectivity index (χ0n) is 19.0. The zero-order chi connectivity index (χ0) is 23.2. The van der Waals surface area contributed by atoms with Crippen LogP contribution < -0.4 is 15.4 Å². The summed E-state index contributed by atoms with van der Waals surface area (Å²) in [6, 6.07) is 7.89. The van der Waals surface area contributed by atoms with Gasteiger partial charge in [-0.05, 0) is 50.6 Å². The van der Waals surface area contributed by atoms with Crippen LogP contribution in [-0.4, -0.2) is 15.9 Å². The Morgan fingerprint density at radius 3 is 2.88 bits per heavy atom. The SMILES string of the molecule is C/C=C\Nc1cc(C)nc2c(OCc3c(Cl)cncc3CNC(=O)C3CCCC3)cccc12. The Morgan fingerprint density at radius 2 is 2.09 bits per heavy atom. The fourth-order valence-corrected chi connectivity index (χ4v) is 4.47. The molecule has 0 spiro atoms. The van der Waals surface area contributed by atoms with Crippen molar-refractivity contribution in [3.05, 3.63) is 70.8 Å². The molecule has 0 radical (unpaired) electrons. The van der Waals surface area contributed by atoms with E-state index in [1.807, 2.05) is 50.4 Å². The van der Waals surface area contributed by atoms with Crippen LogP contribution in [0.4, 0.5) is 5.69 Å². The van der Waals surface area contributed by atoms with Crippen LogP contribution in [0.15, 0.2) is 48.9 Å². The van der Waals surface area contributed by atoms with Crippen molar-refractivity contribution in [2.45, 2.75) is 52.7 Å². The lowest BCUT2D eigenvalue weighted by Crippen LogP contribution is -2.29. The maximum Gasteiger partial charge on any atom is 0.223 e. The molecular weight excluding hydrogens is 436 g/mol. The number of allylic oxidation sites excluding steroid dienone is 1. The lowest BCUT2D eigenvalue weighted by atomic mass is 10.1. The van der Waals surface area contributed by atoms with Crippen LogP contribution in [0.25, 0.3) is 10.9 Å². The molecule has 172 valence electrons. The lowest BCUT2D eigenvalue weighted by Gasteiger charge is -2.16. The van der Waals surface area contributed by atoms with E-state index in [4.69, 9.17) is 21.3 Å². The van der Waals surface area contributed by atoms with Gasteiger partial charge in [0.25, 0.3) is 0 Å². The zero-order valence-corrected chi connectivity index (χ0v) is 19.8. The quantitative estimate of drug-likeness (QED) is 0.432. The number of para-hydroxylation sites is 1. The molecule has 0 bridgehead atoms. The van der Waals surface area contributed by atoms with Crippen molar-refractivity contribution in [3.8, 4) is 5.75 Å². The summed E-state index contributed by atoms with van der Waals surface area (Å²) in [5.41, 5.74) is 4.32. The summed E-state index contributed by atoms with van der Waals surface area (Å²) >= 11 is 6.48. The Kier molecular flexibility index (Phi) is 7.45. The molecular formula is C26H29ClN4O2. The second kappa shape index (κ2) is 10.7. The number of ether oxygens (including phenoxy) is 1. The average molecular weight is 465 g/mol. The number of carbonyl (C=O) groups excluding carboxylic acids is 1. The van der Waals surface area contributed by atoms with Crippen LogP contribution in [0.1, 0.15) is 49.4 Å². The van der Waals surface area contributed by atoms with Gasteiger partial charge in [0.1, 0.15) is 17.9 Å². The number of fused-ring (bicyclic) bond motifs is 1. The molecule has 2 heterocycles. The van der Waals surface area contributed by atoms with Crippen LogP contribution in [0.2, 0.25) is 5.02 Å². The van der Waals surface area contributed by atoms with Crippen LogP contribution in [0.5, 0.6) is 5.75 Å². The molecule has 1 aromatic carbocycles. The fourth-order valence-electron chi connectivity index (χ4n) is 4.24. The highest BCUT2D eigenvalue weighted by Gasteiger charge is 2.22. The summed E-state index contributed by atoms with van der Waals surface area (Å²) < 4.78 is 6.21. The van der Waals surface area contributed by atoms with E-state index in [2.05, 4.69) is 15.6 Å². The first-order valence-corrected chi connectivity index (χ1v) is 11.7. The molecule has 1 saturated carbocycles. The van der Waals surface area contributed by atoms with E-state index in [-0.39, 0.29) is 18.4 Å². The minimum Gasteiger partial charge on any atom is -0.487 e. The molecule has 0 atom stereocenters.